The summed E-state index contributed by atoms with van der Waals surface area (Å²) in [5.74, 6) is 0. The van der Waals surface area contributed by atoms with Crippen molar-refractivity contribution in [3.05, 3.63) is 29.1 Å². The predicted octanol–water partition coefficient (Wildman–Crippen LogP) is 4.82. The summed E-state index contributed by atoms with van der Waals surface area (Å²) in [5.41, 5.74) is 1.02. The molecule has 0 spiro atoms. The lowest BCUT2D eigenvalue weighted by Gasteiger charge is -1.96. The van der Waals surface area contributed by atoms with Gasteiger partial charge in [0.1, 0.15) is 5.01 Å². The fraction of sp³-hybridized carbons (Fsp3) is 0.231. The molecule has 3 nitrogen and oxygen atoms in total. The van der Waals surface area contributed by atoms with Gasteiger partial charge >= 0.3 is 0 Å². The molecule has 0 aliphatic rings. The first-order chi connectivity index (χ1) is 9.36. The lowest BCUT2D eigenvalue weighted by atomic mass is 10.4. The van der Waals surface area contributed by atoms with Crippen molar-refractivity contribution in [2.75, 3.05) is 11.9 Å². The van der Waals surface area contributed by atoms with Gasteiger partial charge in [0.25, 0.3) is 0 Å². The van der Waals surface area contributed by atoms with E-state index in [2.05, 4.69) is 45.1 Å². The van der Waals surface area contributed by atoms with Gasteiger partial charge in [0.15, 0.2) is 5.13 Å². The number of rotatable bonds is 5. The maximum Gasteiger partial charge on any atom is 0.183 e. The molecule has 0 bridgehead atoms. The zero-order chi connectivity index (χ0) is 13.1. The van der Waals surface area contributed by atoms with Crippen molar-refractivity contribution >= 4 is 39.1 Å². The van der Waals surface area contributed by atoms with E-state index >= 15 is 0 Å². The molecular weight excluding hydrogens is 294 g/mol. The summed E-state index contributed by atoms with van der Waals surface area (Å²) in [4.78, 5) is 11.4. The van der Waals surface area contributed by atoms with Crippen LogP contribution >= 0.6 is 34.0 Å². The molecule has 0 saturated carbocycles. The van der Waals surface area contributed by atoms with E-state index in [9.17, 15) is 0 Å². The molecular formula is C13H13N3S3. The van der Waals surface area contributed by atoms with Gasteiger partial charge < -0.3 is 5.32 Å². The number of aromatic nitrogens is 2. The molecule has 19 heavy (non-hydrogen) atoms. The zero-order valence-corrected chi connectivity index (χ0v) is 12.9. The highest BCUT2D eigenvalue weighted by atomic mass is 32.1. The molecule has 0 saturated heterocycles. The molecule has 3 aromatic heterocycles. The molecule has 98 valence electrons. The van der Waals surface area contributed by atoms with Crippen LogP contribution in [0.15, 0.2) is 29.1 Å². The van der Waals surface area contributed by atoms with Crippen molar-refractivity contribution in [1.82, 2.24) is 9.97 Å². The van der Waals surface area contributed by atoms with Gasteiger partial charge in [0.05, 0.1) is 15.4 Å². The Morgan fingerprint density at radius 3 is 3.00 bits per heavy atom. The first-order valence-electron chi connectivity index (χ1n) is 6.06. The summed E-state index contributed by atoms with van der Waals surface area (Å²) in [6.07, 6.45) is 3.02. The van der Waals surface area contributed by atoms with Crippen LogP contribution in [0.4, 0.5) is 5.13 Å². The first kappa shape index (κ1) is 12.8. The molecule has 0 aromatic carbocycles. The second kappa shape index (κ2) is 5.81. The number of thiophene rings is 1. The van der Waals surface area contributed by atoms with E-state index in [-0.39, 0.29) is 0 Å². The average Bonchev–Trinajstić information content (AvgIpc) is 3.14. The Balaban J connectivity index is 1.81. The molecule has 0 radical (unpaired) electrons. The van der Waals surface area contributed by atoms with Gasteiger partial charge in [-0.2, -0.15) is 0 Å². The van der Waals surface area contributed by atoms with Crippen molar-refractivity contribution in [2.24, 2.45) is 0 Å². The molecule has 3 heterocycles. The fourth-order valence-corrected chi connectivity index (χ4v) is 4.10. The second-order valence-corrected chi connectivity index (χ2v) is 6.81. The second-order valence-electron chi connectivity index (χ2n) is 3.97. The third-order valence-electron chi connectivity index (χ3n) is 2.52. The van der Waals surface area contributed by atoms with E-state index in [0.717, 1.165) is 33.7 Å². The third-order valence-corrected chi connectivity index (χ3v) is 5.38. The molecule has 0 aliphatic heterocycles. The molecule has 0 aliphatic carbocycles. The number of thiazole rings is 2. The minimum absolute atomic E-state index is 0.968. The molecule has 1 N–H and O–H groups in total. The molecule has 0 unspecified atom stereocenters. The summed E-state index contributed by atoms with van der Waals surface area (Å²) in [7, 11) is 0. The molecule has 0 fully saturated rings. The highest BCUT2D eigenvalue weighted by molar-refractivity contribution is 7.23. The summed E-state index contributed by atoms with van der Waals surface area (Å²) in [5, 5.41) is 9.53. The van der Waals surface area contributed by atoms with Crippen molar-refractivity contribution in [3.8, 4) is 20.5 Å². The van der Waals surface area contributed by atoms with Crippen LogP contribution in [0.2, 0.25) is 0 Å². The van der Waals surface area contributed by atoms with Crippen LogP contribution in [0.25, 0.3) is 20.5 Å². The Morgan fingerprint density at radius 1 is 1.26 bits per heavy atom. The van der Waals surface area contributed by atoms with Crippen LogP contribution in [0.3, 0.4) is 0 Å². The van der Waals surface area contributed by atoms with E-state index in [1.54, 1.807) is 34.0 Å². The van der Waals surface area contributed by atoms with E-state index in [1.165, 1.54) is 4.88 Å². The van der Waals surface area contributed by atoms with Crippen LogP contribution in [-0.2, 0) is 0 Å². The van der Waals surface area contributed by atoms with Crippen LogP contribution in [0.1, 0.15) is 13.3 Å². The van der Waals surface area contributed by atoms with Crippen LogP contribution in [0.5, 0.6) is 0 Å². The first-order valence-corrected chi connectivity index (χ1v) is 8.64. The Morgan fingerprint density at radius 2 is 2.21 bits per heavy atom. The standard InChI is InChI=1S/C13H13N3S3/c1-2-5-14-13-16-9(8-18-13)11-7-15-12(19-11)10-4-3-6-17-10/h3-4,6-8H,2,5H2,1H3,(H,14,16). The van der Waals surface area contributed by atoms with Crippen molar-refractivity contribution in [1.29, 1.82) is 0 Å². The van der Waals surface area contributed by atoms with E-state index in [1.807, 2.05) is 6.20 Å². The summed E-state index contributed by atoms with van der Waals surface area (Å²) in [6, 6.07) is 4.15. The maximum atomic E-state index is 4.59. The minimum Gasteiger partial charge on any atom is -0.362 e. The topological polar surface area (TPSA) is 37.8 Å². The number of nitrogens with zero attached hydrogens (tertiary/aromatic N) is 2. The number of hydrogen-bond donors (Lipinski definition) is 1. The monoisotopic (exact) mass is 307 g/mol. The van der Waals surface area contributed by atoms with E-state index in [4.69, 9.17) is 0 Å². The quantitative estimate of drug-likeness (QED) is 0.734. The van der Waals surface area contributed by atoms with Crippen molar-refractivity contribution in [3.63, 3.8) is 0 Å². The minimum atomic E-state index is 0.968. The lowest BCUT2D eigenvalue weighted by Crippen LogP contribution is -1.98. The van der Waals surface area contributed by atoms with Crippen LogP contribution < -0.4 is 5.32 Å². The molecule has 0 atom stereocenters. The number of hydrogen-bond acceptors (Lipinski definition) is 6. The van der Waals surface area contributed by atoms with Crippen molar-refractivity contribution < 1.29 is 0 Å². The number of nitrogens with one attached hydrogen (secondary N) is 1. The van der Waals surface area contributed by atoms with E-state index < -0.39 is 0 Å². The summed E-state index contributed by atoms with van der Waals surface area (Å²) in [6.45, 7) is 3.12. The smallest absolute Gasteiger partial charge is 0.183 e. The van der Waals surface area contributed by atoms with E-state index in [0.29, 0.717) is 0 Å². The van der Waals surface area contributed by atoms with Crippen LogP contribution in [0, 0.1) is 0 Å². The van der Waals surface area contributed by atoms with Gasteiger partial charge in [-0.05, 0) is 17.9 Å². The van der Waals surface area contributed by atoms with Gasteiger partial charge in [-0.25, -0.2) is 9.97 Å². The summed E-state index contributed by atoms with van der Waals surface area (Å²) < 4.78 is 0. The van der Waals surface area contributed by atoms with Gasteiger partial charge in [-0.15, -0.1) is 34.0 Å². The molecule has 6 heteroatoms. The van der Waals surface area contributed by atoms with Crippen molar-refractivity contribution in [2.45, 2.75) is 13.3 Å². The summed E-state index contributed by atoms with van der Waals surface area (Å²) >= 11 is 5.07. The van der Waals surface area contributed by atoms with Gasteiger partial charge in [-0.3, -0.25) is 0 Å². The Labute approximate surface area is 124 Å². The predicted molar refractivity (Wildman–Crippen MR) is 85.3 cm³/mol. The van der Waals surface area contributed by atoms with Gasteiger partial charge in [-0.1, -0.05) is 13.0 Å². The maximum absolute atomic E-state index is 4.59. The highest BCUT2D eigenvalue weighted by Crippen LogP contribution is 2.35. The normalized spacial score (nSPS) is 10.8. The Bertz CT molecular complexity index is 640. The van der Waals surface area contributed by atoms with Gasteiger partial charge in [0, 0.05) is 18.1 Å². The lowest BCUT2D eigenvalue weighted by molar-refractivity contribution is 0.976. The fourth-order valence-electron chi connectivity index (χ4n) is 1.61. The number of anilines is 1. The zero-order valence-electron chi connectivity index (χ0n) is 10.4. The molecule has 3 rings (SSSR count). The average molecular weight is 307 g/mol. The largest absolute Gasteiger partial charge is 0.362 e. The Hall–Kier alpha value is -1.24. The molecule has 3 aromatic rings. The third kappa shape index (κ3) is 2.86. The van der Waals surface area contributed by atoms with Crippen LogP contribution in [-0.4, -0.2) is 16.5 Å². The highest BCUT2D eigenvalue weighted by Gasteiger charge is 2.10. The molecule has 0 amide bonds. The SMILES string of the molecule is CCCNc1nc(-c2cnc(-c3cccs3)s2)cs1. The Kier molecular flexibility index (Phi) is 3.91. The van der Waals surface area contributed by atoms with Gasteiger partial charge in [0.2, 0.25) is 0 Å².